The molecule has 0 aromatic rings. The normalized spacial score (nSPS) is 11.4. The predicted octanol–water partition coefficient (Wildman–Crippen LogP) is 9.38. The van der Waals surface area contributed by atoms with Crippen LogP contribution in [0, 0.1) is 0 Å². The van der Waals surface area contributed by atoms with E-state index in [9.17, 15) is 0 Å². The van der Waals surface area contributed by atoms with Crippen LogP contribution in [-0.4, -0.2) is 24.9 Å². The fourth-order valence-corrected chi connectivity index (χ4v) is 4.23. The summed E-state index contributed by atoms with van der Waals surface area (Å²) < 4.78 is 5.81. The molecule has 0 aromatic heterocycles. The van der Waals surface area contributed by atoms with Crippen LogP contribution in [0.4, 0.5) is 0 Å². The summed E-state index contributed by atoms with van der Waals surface area (Å²) in [6, 6.07) is 0. The fraction of sp³-hybridized carbons (Fsp3) is 1.00. The van der Waals surface area contributed by atoms with Crippen LogP contribution >= 0.6 is 0 Å². The molecule has 0 aliphatic rings. The average molecular weight is 427 g/mol. The quantitative estimate of drug-likeness (QED) is 0.133. The molecule has 0 aliphatic heterocycles. The minimum atomic E-state index is 0.364. The zero-order valence-corrected chi connectivity index (χ0v) is 20.9. The molecular formula is C28H58O2. The molecule has 182 valence electrons. The second-order valence-electron chi connectivity index (χ2n) is 9.47. The number of aliphatic hydroxyl groups is 1. The standard InChI is InChI=1S/C28H58O2/c1-2-3-4-5-6-7-8-9-12-15-18-21-24-27-30-28-25-22-19-16-13-10-11-14-17-20-23-26-29/h29H,2-28H2,1H3. The van der Waals surface area contributed by atoms with Crippen molar-refractivity contribution in [2.45, 2.75) is 161 Å². The highest BCUT2D eigenvalue weighted by molar-refractivity contribution is 4.50. The van der Waals surface area contributed by atoms with Crippen molar-refractivity contribution in [1.29, 1.82) is 0 Å². The Bertz CT molecular complexity index is 252. The Morgan fingerprint density at radius 3 is 0.933 bits per heavy atom. The minimum Gasteiger partial charge on any atom is -0.396 e. The first-order chi connectivity index (χ1) is 14.9. The highest BCUT2D eigenvalue weighted by atomic mass is 16.5. The Kier molecular flexibility index (Phi) is 28.8. The van der Waals surface area contributed by atoms with Gasteiger partial charge in [-0.2, -0.15) is 0 Å². The average Bonchev–Trinajstić information content (AvgIpc) is 2.76. The third kappa shape index (κ3) is 27.9. The van der Waals surface area contributed by atoms with Gasteiger partial charge >= 0.3 is 0 Å². The van der Waals surface area contributed by atoms with Gasteiger partial charge in [-0.25, -0.2) is 0 Å². The molecule has 0 rings (SSSR count). The zero-order valence-electron chi connectivity index (χ0n) is 20.9. The summed E-state index contributed by atoms with van der Waals surface area (Å²) in [4.78, 5) is 0. The van der Waals surface area contributed by atoms with Crippen molar-refractivity contribution in [3.05, 3.63) is 0 Å². The number of unbranched alkanes of at least 4 members (excludes halogenated alkanes) is 22. The minimum absolute atomic E-state index is 0.364. The molecule has 0 bridgehead atoms. The number of hydrogen-bond donors (Lipinski definition) is 1. The second-order valence-corrected chi connectivity index (χ2v) is 9.47. The molecule has 2 nitrogen and oxygen atoms in total. The van der Waals surface area contributed by atoms with E-state index in [1.807, 2.05) is 0 Å². The first-order valence-electron chi connectivity index (χ1n) is 14.1. The molecule has 2 heteroatoms. The maximum absolute atomic E-state index is 8.75. The maximum Gasteiger partial charge on any atom is 0.0466 e. The van der Waals surface area contributed by atoms with E-state index in [4.69, 9.17) is 9.84 Å². The maximum atomic E-state index is 8.75. The van der Waals surface area contributed by atoms with Crippen molar-refractivity contribution in [3.8, 4) is 0 Å². The van der Waals surface area contributed by atoms with E-state index in [1.54, 1.807) is 0 Å². The molecule has 0 aliphatic carbocycles. The van der Waals surface area contributed by atoms with Gasteiger partial charge in [0, 0.05) is 19.8 Å². The van der Waals surface area contributed by atoms with Crippen molar-refractivity contribution >= 4 is 0 Å². The summed E-state index contributed by atoms with van der Waals surface area (Å²) in [7, 11) is 0. The van der Waals surface area contributed by atoms with E-state index in [2.05, 4.69) is 6.92 Å². The van der Waals surface area contributed by atoms with Crippen molar-refractivity contribution in [1.82, 2.24) is 0 Å². The highest BCUT2D eigenvalue weighted by Crippen LogP contribution is 2.13. The van der Waals surface area contributed by atoms with E-state index in [1.165, 1.54) is 148 Å². The Morgan fingerprint density at radius 1 is 0.367 bits per heavy atom. The summed E-state index contributed by atoms with van der Waals surface area (Å²) >= 11 is 0. The molecule has 0 atom stereocenters. The number of ether oxygens (including phenoxy) is 1. The van der Waals surface area contributed by atoms with Gasteiger partial charge in [0.1, 0.15) is 0 Å². The van der Waals surface area contributed by atoms with Crippen molar-refractivity contribution in [2.75, 3.05) is 19.8 Å². The molecule has 0 heterocycles. The van der Waals surface area contributed by atoms with Crippen LogP contribution in [0.5, 0.6) is 0 Å². The molecule has 0 saturated heterocycles. The molecule has 0 fully saturated rings. The Hall–Kier alpha value is -0.0800. The van der Waals surface area contributed by atoms with Crippen LogP contribution in [0.1, 0.15) is 161 Å². The van der Waals surface area contributed by atoms with Crippen LogP contribution in [0.15, 0.2) is 0 Å². The van der Waals surface area contributed by atoms with E-state index in [0.717, 1.165) is 19.6 Å². The van der Waals surface area contributed by atoms with Gasteiger partial charge in [-0.1, -0.05) is 142 Å². The lowest BCUT2D eigenvalue weighted by Crippen LogP contribution is -1.97. The molecule has 0 saturated carbocycles. The molecule has 0 amide bonds. The lowest BCUT2D eigenvalue weighted by atomic mass is 10.0. The summed E-state index contributed by atoms with van der Waals surface area (Å²) in [5.41, 5.74) is 0. The van der Waals surface area contributed by atoms with E-state index in [-0.39, 0.29) is 0 Å². The number of aliphatic hydroxyl groups excluding tert-OH is 1. The Labute approximate surface area is 191 Å². The molecule has 1 N–H and O–H groups in total. The van der Waals surface area contributed by atoms with Crippen molar-refractivity contribution in [2.24, 2.45) is 0 Å². The second kappa shape index (κ2) is 28.9. The first kappa shape index (κ1) is 29.9. The molecular weight excluding hydrogens is 368 g/mol. The van der Waals surface area contributed by atoms with E-state index >= 15 is 0 Å². The lowest BCUT2D eigenvalue weighted by Gasteiger charge is -2.05. The van der Waals surface area contributed by atoms with Gasteiger partial charge < -0.3 is 9.84 Å². The molecule has 0 unspecified atom stereocenters. The Balaban J connectivity index is 2.97. The van der Waals surface area contributed by atoms with Crippen LogP contribution in [0.2, 0.25) is 0 Å². The molecule has 0 spiro atoms. The van der Waals surface area contributed by atoms with Crippen LogP contribution < -0.4 is 0 Å². The highest BCUT2D eigenvalue weighted by Gasteiger charge is 1.96. The van der Waals surface area contributed by atoms with E-state index < -0.39 is 0 Å². The number of rotatable bonds is 27. The molecule has 0 radical (unpaired) electrons. The van der Waals surface area contributed by atoms with Crippen molar-refractivity contribution in [3.63, 3.8) is 0 Å². The van der Waals surface area contributed by atoms with Gasteiger partial charge in [-0.3, -0.25) is 0 Å². The van der Waals surface area contributed by atoms with Crippen LogP contribution in [0.25, 0.3) is 0 Å². The van der Waals surface area contributed by atoms with Crippen LogP contribution in [-0.2, 0) is 4.74 Å². The van der Waals surface area contributed by atoms with Gasteiger partial charge in [0.05, 0.1) is 0 Å². The fourth-order valence-electron chi connectivity index (χ4n) is 4.23. The third-order valence-electron chi connectivity index (χ3n) is 6.34. The largest absolute Gasteiger partial charge is 0.396 e. The van der Waals surface area contributed by atoms with Crippen LogP contribution in [0.3, 0.4) is 0 Å². The summed E-state index contributed by atoms with van der Waals surface area (Å²) in [6.07, 6.45) is 32.8. The Morgan fingerprint density at radius 2 is 0.633 bits per heavy atom. The van der Waals surface area contributed by atoms with E-state index in [0.29, 0.717) is 6.61 Å². The summed E-state index contributed by atoms with van der Waals surface area (Å²) in [6.45, 7) is 4.61. The topological polar surface area (TPSA) is 29.5 Å². The lowest BCUT2D eigenvalue weighted by molar-refractivity contribution is 0.125. The molecule has 30 heavy (non-hydrogen) atoms. The first-order valence-corrected chi connectivity index (χ1v) is 14.1. The zero-order chi connectivity index (χ0) is 21.8. The van der Waals surface area contributed by atoms with Gasteiger partial charge in [0.25, 0.3) is 0 Å². The van der Waals surface area contributed by atoms with Crippen molar-refractivity contribution < 1.29 is 9.84 Å². The van der Waals surface area contributed by atoms with Gasteiger partial charge in [0.15, 0.2) is 0 Å². The predicted molar refractivity (Wildman–Crippen MR) is 134 cm³/mol. The monoisotopic (exact) mass is 426 g/mol. The summed E-state index contributed by atoms with van der Waals surface area (Å²) in [5, 5.41) is 8.75. The molecule has 0 aromatic carbocycles. The smallest absolute Gasteiger partial charge is 0.0466 e. The SMILES string of the molecule is CCCCCCCCCCCCCCCOCCCCCCCCCCCCCO. The van der Waals surface area contributed by atoms with Gasteiger partial charge in [-0.15, -0.1) is 0 Å². The number of hydrogen-bond acceptors (Lipinski definition) is 2. The van der Waals surface area contributed by atoms with Gasteiger partial charge in [0.2, 0.25) is 0 Å². The van der Waals surface area contributed by atoms with Gasteiger partial charge in [-0.05, 0) is 19.3 Å². The summed E-state index contributed by atoms with van der Waals surface area (Å²) in [5.74, 6) is 0. The third-order valence-corrected chi connectivity index (χ3v) is 6.34.